The molecule has 6 nitrogen and oxygen atoms in total. The van der Waals surface area contributed by atoms with Crippen molar-refractivity contribution in [2.75, 3.05) is 20.8 Å². The van der Waals surface area contributed by atoms with E-state index >= 15 is 0 Å². The zero-order valence-corrected chi connectivity index (χ0v) is 16.6. The summed E-state index contributed by atoms with van der Waals surface area (Å²) in [6.07, 6.45) is 2.43. The minimum atomic E-state index is -0.271. The van der Waals surface area contributed by atoms with Gasteiger partial charge in [0.25, 0.3) is 0 Å². The number of hydrogen-bond donors (Lipinski definition) is 0. The topological polar surface area (TPSA) is 60.8 Å². The number of aromatic nitrogens is 1. The maximum Gasteiger partial charge on any atom is 0.182 e. The number of benzene rings is 1. The third-order valence-electron chi connectivity index (χ3n) is 6.92. The number of hydrogen-bond acceptors (Lipinski definition) is 5. The van der Waals surface area contributed by atoms with E-state index in [1.165, 1.54) is 0 Å². The Balaban J connectivity index is 1.72. The fraction of sp³-hybridized carbons (Fsp3) is 0.455. The molecule has 2 aromatic rings. The van der Waals surface area contributed by atoms with E-state index in [4.69, 9.17) is 9.47 Å². The number of allylic oxidation sites excluding steroid dienone is 1. The Morgan fingerprint density at radius 2 is 2.07 bits per heavy atom. The van der Waals surface area contributed by atoms with E-state index in [1.807, 2.05) is 32.3 Å². The summed E-state index contributed by atoms with van der Waals surface area (Å²) in [4.78, 5) is 28.1. The molecular formula is C22H24N2O4. The van der Waals surface area contributed by atoms with Crippen molar-refractivity contribution >= 4 is 22.5 Å². The second-order valence-corrected chi connectivity index (χ2v) is 8.16. The minimum absolute atomic E-state index is 0.000644. The molecule has 0 radical (unpaired) electrons. The molecule has 0 spiro atoms. The highest BCUT2D eigenvalue weighted by Crippen LogP contribution is 2.51. The lowest BCUT2D eigenvalue weighted by Crippen LogP contribution is -2.58. The van der Waals surface area contributed by atoms with Crippen LogP contribution >= 0.6 is 0 Å². The molecular weight excluding hydrogens is 356 g/mol. The maximum atomic E-state index is 13.7. The number of nitrogens with zero attached hydrogens (tertiary/aromatic N) is 2. The van der Waals surface area contributed by atoms with Crippen LogP contribution in [0.1, 0.15) is 35.4 Å². The second kappa shape index (κ2) is 5.95. The predicted molar refractivity (Wildman–Crippen MR) is 104 cm³/mol. The standard InChI is InChI=1S/C22H24N2O4/c1-11(25)15-9-28-10-16-14(15)8-18-21-19(22(26)20(16)24(18)3)13-6-5-12(27-4)7-17(13)23(21)2/h5-7,9,14,16,18,20H,8,10H2,1-4H3. The molecule has 146 valence electrons. The van der Waals surface area contributed by atoms with Crippen LogP contribution in [-0.4, -0.2) is 47.8 Å². The van der Waals surface area contributed by atoms with E-state index in [-0.39, 0.29) is 35.5 Å². The lowest BCUT2D eigenvalue weighted by Gasteiger charge is -2.51. The van der Waals surface area contributed by atoms with Crippen molar-refractivity contribution in [2.24, 2.45) is 18.9 Å². The highest BCUT2D eigenvalue weighted by molar-refractivity contribution is 6.13. The van der Waals surface area contributed by atoms with Crippen LogP contribution in [0, 0.1) is 11.8 Å². The fourth-order valence-electron chi connectivity index (χ4n) is 5.59. The number of carbonyl (C=O) groups excluding carboxylic acids is 2. The summed E-state index contributed by atoms with van der Waals surface area (Å²) in [7, 11) is 5.69. The van der Waals surface area contributed by atoms with Gasteiger partial charge in [-0.15, -0.1) is 0 Å². The summed E-state index contributed by atoms with van der Waals surface area (Å²) < 4.78 is 13.1. The number of Topliss-reactive ketones (excluding diaryl/α,β-unsaturated/α-hetero) is 2. The Kier molecular flexibility index (Phi) is 3.72. The Bertz CT molecular complexity index is 1050. The van der Waals surface area contributed by atoms with Gasteiger partial charge in [-0.2, -0.15) is 0 Å². The van der Waals surface area contributed by atoms with Crippen molar-refractivity contribution in [3.63, 3.8) is 0 Å². The average molecular weight is 380 g/mol. The van der Waals surface area contributed by atoms with Gasteiger partial charge in [0.15, 0.2) is 11.6 Å². The first-order valence-corrected chi connectivity index (χ1v) is 9.69. The third-order valence-corrected chi connectivity index (χ3v) is 6.92. The van der Waals surface area contributed by atoms with Crippen molar-refractivity contribution < 1.29 is 19.1 Å². The number of ketones is 2. The molecule has 3 aliphatic heterocycles. The van der Waals surface area contributed by atoms with Gasteiger partial charge in [0.1, 0.15) is 5.75 Å². The van der Waals surface area contributed by atoms with Crippen molar-refractivity contribution in [3.8, 4) is 5.75 Å². The second-order valence-electron chi connectivity index (χ2n) is 8.16. The molecule has 0 amide bonds. The first-order chi connectivity index (χ1) is 13.4. The number of rotatable bonds is 2. The number of piperidine rings is 1. The van der Waals surface area contributed by atoms with Gasteiger partial charge in [-0.1, -0.05) is 0 Å². The molecule has 4 heterocycles. The Morgan fingerprint density at radius 1 is 1.29 bits per heavy atom. The summed E-state index contributed by atoms with van der Waals surface area (Å²) in [5, 5.41) is 0.976. The summed E-state index contributed by atoms with van der Waals surface area (Å²) in [6.45, 7) is 2.06. The number of methoxy groups -OCH3 is 1. The summed E-state index contributed by atoms with van der Waals surface area (Å²) in [6, 6.07) is 5.70. The van der Waals surface area contributed by atoms with Crippen LogP contribution < -0.4 is 4.74 Å². The van der Waals surface area contributed by atoms with Crippen molar-refractivity contribution in [3.05, 3.63) is 41.3 Å². The molecule has 1 fully saturated rings. The Labute approximate surface area is 163 Å². The molecule has 5 rings (SSSR count). The number of likely N-dealkylation sites (N-methyl/N-ethyl adjacent to an activating group) is 1. The lowest BCUT2D eigenvalue weighted by molar-refractivity contribution is -0.116. The lowest BCUT2D eigenvalue weighted by atomic mass is 9.67. The van der Waals surface area contributed by atoms with Crippen LogP contribution in [0.3, 0.4) is 0 Å². The van der Waals surface area contributed by atoms with Gasteiger partial charge < -0.3 is 14.0 Å². The highest BCUT2D eigenvalue weighted by Gasteiger charge is 2.53. The molecule has 0 N–H and O–H groups in total. The highest BCUT2D eigenvalue weighted by atomic mass is 16.5. The van der Waals surface area contributed by atoms with Gasteiger partial charge in [-0.25, -0.2) is 0 Å². The summed E-state index contributed by atoms with van der Waals surface area (Å²) in [5.41, 5.74) is 3.58. The first kappa shape index (κ1) is 17.5. The normalized spacial score (nSPS) is 29.0. The first-order valence-electron chi connectivity index (χ1n) is 9.69. The SMILES string of the molecule is COc1ccc2c3c(n(C)c2c1)C1CC2C(C(C)=O)=COCC2C(C3=O)N1C. The molecule has 0 aliphatic carbocycles. The molecule has 1 aromatic carbocycles. The Morgan fingerprint density at radius 3 is 2.79 bits per heavy atom. The van der Waals surface area contributed by atoms with Crippen molar-refractivity contribution in [1.82, 2.24) is 9.47 Å². The van der Waals surface area contributed by atoms with Crippen LogP contribution in [0.15, 0.2) is 30.0 Å². The molecule has 3 aliphatic rings. The number of fused-ring (bicyclic) bond motifs is 8. The van der Waals surface area contributed by atoms with E-state index in [9.17, 15) is 9.59 Å². The molecule has 1 saturated heterocycles. The van der Waals surface area contributed by atoms with Crippen LogP contribution in [-0.2, 0) is 16.6 Å². The van der Waals surface area contributed by atoms with E-state index in [2.05, 4.69) is 9.47 Å². The van der Waals surface area contributed by atoms with Gasteiger partial charge >= 0.3 is 0 Å². The van der Waals surface area contributed by atoms with Gasteiger partial charge in [-0.05, 0) is 32.5 Å². The molecule has 28 heavy (non-hydrogen) atoms. The maximum absolute atomic E-state index is 13.7. The Hall–Kier alpha value is -2.60. The third kappa shape index (κ3) is 2.12. The monoisotopic (exact) mass is 380 g/mol. The van der Waals surface area contributed by atoms with Crippen LogP contribution in [0.2, 0.25) is 0 Å². The number of carbonyl (C=O) groups is 2. The average Bonchev–Trinajstić information content (AvgIpc) is 2.97. The fourth-order valence-corrected chi connectivity index (χ4v) is 5.59. The molecule has 1 aromatic heterocycles. The molecule has 2 bridgehead atoms. The minimum Gasteiger partial charge on any atom is -0.500 e. The number of aryl methyl sites for hydroxylation is 1. The quantitative estimate of drug-likeness (QED) is 0.802. The van der Waals surface area contributed by atoms with Gasteiger partial charge in [0.2, 0.25) is 0 Å². The molecule has 4 unspecified atom stereocenters. The largest absolute Gasteiger partial charge is 0.500 e. The van der Waals surface area contributed by atoms with Gasteiger partial charge in [0, 0.05) is 47.2 Å². The van der Waals surface area contributed by atoms with Crippen LogP contribution in [0.4, 0.5) is 0 Å². The van der Waals surface area contributed by atoms with Gasteiger partial charge in [0.05, 0.1) is 37.6 Å². The predicted octanol–water partition coefficient (Wildman–Crippen LogP) is 2.86. The zero-order chi connectivity index (χ0) is 19.7. The van der Waals surface area contributed by atoms with Crippen LogP contribution in [0.25, 0.3) is 10.9 Å². The molecule has 0 saturated carbocycles. The van der Waals surface area contributed by atoms with Crippen molar-refractivity contribution in [2.45, 2.75) is 25.4 Å². The summed E-state index contributed by atoms with van der Waals surface area (Å²) in [5.74, 6) is 0.999. The van der Waals surface area contributed by atoms with E-state index in [0.717, 1.165) is 39.9 Å². The smallest absolute Gasteiger partial charge is 0.182 e. The molecule has 6 heteroatoms. The molecule has 4 atom stereocenters. The van der Waals surface area contributed by atoms with Crippen molar-refractivity contribution in [1.29, 1.82) is 0 Å². The summed E-state index contributed by atoms with van der Waals surface area (Å²) >= 11 is 0. The number of ether oxygens (including phenoxy) is 2. The van der Waals surface area contributed by atoms with E-state index in [1.54, 1.807) is 20.3 Å². The van der Waals surface area contributed by atoms with E-state index in [0.29, 0.717) is 6.61 Å². The van der Waals surface area contributed by atoms with Crippen LogP contribution in [0.5, 0.6) is 5.75 Å². The zero-order valence-electron chi connectivity index (χ0n) is 16.6. The van der Waals surface area contributed by atoms with Gasteiger partial charge in [-0.3, -0.25) is 14.5 Å². The van der Waals surface area contributed by atoms with E-state index < -0.39 is 0 Å².